The molecule has 6 rings (SSSR count). The first-order chi connectivity index (χ1) is 24.4. The zero-order chi connectivity index (χ0) is 36.7. The van der Waals surface area contributed by atoms with Crippen LogP contribution >= 0.6 is 0 Å². The van der Waals surface area contributed by atoms with E-state index in [2.05, 4.69) is 54.9 Å². The molecule has 8 N–H and O–H groups in total. The molecule has 51 heavy (non-hydrogen) atoms. The number of aliphatic hydroxyl groups excluding tert-OH is 3. The molecule has 0 aliphatic heterocycles. The number of nitrogens with two attached hydrogens (primary N) is 1. The van der Waals surface area contributed by atoms with E-state index < -0.39 is 42.3 Å². The second kappa shape index (κ2) is 16.1. The van der Waals surface area contributed by atoms with Crippen LogP contribution in [0.3, 0.4) is 0 Å². The number of aromatic nitrogens is 6. The lowest BCUT2D eigenvalue weighted by Gasteiger charge is -2.20. The van der Waals surface area contributed by atoms with Crippen molar-refractivity contribution in [3.05, 3.63) is 102 Å². The summed E-state index contributed by atoms with van der Waals surface area (Å²) in [5, 5.41) is 49.1. The number of hydrogen-bond acceptors (Lipinski definition) is 11. The molecule has 1 saturated carbocycles. The molecule has 270 valence electrons. The van der Waals surface area contributed by atoms with Gasteiger partial charge in [0.05, 0.1) is 31.2 Å². The molecule has 2 aromatic carbocycles. The highest BCUT2D eigenvalue weighted by atomic mass is 19.4. The fourth-order valence-corrected chi connectivity index (χ4v) is 5.81. The van der Waals surface area contributed by atoms with Gasteiger partial charge in [0.15, 0.2) is 11.5 Å². The van der Waals surface area contributed by atoms with Crippen LogP contribution in [-0.2, 0) is 11.4 Å². The lowest BCUT2D eigenvalue weighted by Crippen LogP contribution is -2.31. The summed E-state index contributed by atoms with van der Waals surface area (Å²) >= 11 is 0. The van der Waals surface area contributed by atoms with Crippen LogP contribution in [0.15, 0.2) is 79.4 Å². The molecule has 0 saturated heterocycles. The average molecular weight is 712 g/mol. The van der Waals surface area contributed by atoms with Gasteiger partial charge in [-0.25, -0.2) is 19.7 Å². The number of nitrogens with one attached hydrogen (secondary N) is 2. The average Bonchev–Trinajstić information content (AvgIpc) is 3.85. The van der Waals surface area contributed by atoms with Crippen LogP contribution in [0.25, 0.3) is 11.2 Å². The third-order valence-electron chi connectivity index (χ3n) is 8.33. The molecule has 5 aromatic rings. The summed E-state index contributed by atoms with van der Waals surface area (Å²) in [6, 6.07) is 19.1. The lowest BCUT2D eigenvalue weighted by atomic mass is 9.91. The highest BCUT2D eigenvalue weighted by Gasteiger charge is 2.44. The normalized spacial score (nSPS) is 18.7. The number of carboxylic acid groups (broad SMARTS) is 1. The lowest BCUT2D eigenvalue weighted by molar-refractivity contribution is -0.192. The molecule has 1 fully saturated rings. The third kappa shape index (κ3) is 8.48. The minimum atomic E-state index is -5.08. The number of aliphatic carboxylic acids is 1. The smallest absolute Gasteiger partial charge is 0.475 e. The molecule has 3 aromatic heterocycles. The fourth-order valence-electron chi connectivity index (χ4n) is 5.81. The number of alkyl halides is 3. The predicted molar refractivity (Wildman–Crippen MR) is 176 cm³/mol. The van der Waals surface area contributed by atoms with E-state index in [1.807, 2.05) is 36.4 Å². The zero-order valence-electron chi connectivity index (χ0n) is 26.9. The maximum atomic E-state index is 13.0. The number of fused-ring (bicyclic) bond motifs is 1. The first-order valence-electron chi connectivity index (χ1n) is 15.8. The Labute approximate surface area is 288 Å². The minimum Gasteiger partial charge on any atom is -0.475 e. The van der Waals surface area contributed by atoms with Gasteiger partial charge in [-0.2, -0.15) is 18.3 Å². The molecular weight excluding hydrogens is 675 g/mol. The molecule has 4 atom stereocenters. The zero-order valence-corrected chi connectivity index (χ0v) is 26.9. The van der Waals surface area contributed by atoms with Crippen LogP contribution in [0.1, 0.15) is 51.7 Å². The Hall–Kier alpha value is -5.43. The number of amides is 1. The van der Waals surface area contributed by atoms with Gasteiger partial charge in [-0.3, -0.25) is 9.48 Å². The van der Waals surface area contributed by atoms with E-state index in [0.29, 0.717) is 35.5 Å². The molecule has 0 bridgehead atoms. The minimum absolute atomic E-state index is 0.0236. The van der Waals surface area contributed by atoms with Gasteiger partial charge in [0.1, 0.15) is 17.7 Å². The van der Waals surface area contributed by atoms with E-state index >= 15 is 0 Å². The van der Waals surface area contributed by atoms with Crippen LogP contribution in [0.5, 0.6) is 0 Å². The number of nitrogens with zero attached hydrogens (tertiary/aromatic N) is 6. The van der Waals surface area contributed by atoms with E-state index in [-0.39, 0.29) is 31.4 Å². The van der Waals surface area contributed by atoms with Crippen molar-refractivity contribution in [1.29, 1.82) is 0 Å². The summed E-state index contributed by atoms with van der Waals surface area (Å²) < 4.78 is 35.0. The monoisotopic (exact) mass is 711 g/mol. The number of halogens is 3. The standard InChI is InChI=1S/C31H35N9O4.C2HF3O2/c32-11-12-33-31(44)29-37-28(34-15-22(20-7-3-1-4-8-20)21-9-5-2-6-10-21)25-30(38-29)39(18-35-25)23-13-24(27(43)26(23)42)40-16-19(17-41)14-36-40;3-2(4,5)1(6)7/h1-10,14,16,18,22-24,26-27,41-43H,11-13,15,17,32H2,(H,33,44)(H,34,37,38);(H,6,7)/t23-,24+,26+,27-;/m1./s1. The summed E-state index contributed by atoms with van der Waals surface area (Å²) in [6.07, 6.45) is -2.35. The van der Waals surface area contributed by atoms with Crippen molar-refractivity contribution in [2.24, 2.45) is 5.73 Å². The molecule has 15 nitrogen and oxygen atoms in total. The summed E-state index contributed by atoms with van der Waals surface area (Å²) in [4.78, 5) is 35.7. The first-order valence-corrected chi connectivity index (χ1v) is 15.8. The highest BCUT2D eigenvalue weighted by Crippen LogP contribution is 2.40. The molecule has 0 spiro atoms. The second-order valence-corrected chi connectivity index (χ2v) is 11.7. The van der Waals surface area contributed by atoms with Crippen molar-refractivity contribution in [2.45, 2.75) is 49.4 Å². The molecule has 18 heteroatoms. The van der Waals surface area contributed by atoms with Crippen molar-refractivity contribution in [3.63, 3.8) is 0 Å². The van der Waals surface area contributed by atoms with E-state index in [9.17, 15) is 33.3 Å². The molecule has 1 amide bonds. The van der Waals surface area contributed by atoms with Crippen LogP contribution in [-0.4, -0.2) is 99.6 Å². The van der Waals surface area contributed by atoms with Crippen molar-refractivity contribution < 1.29 is 43.2 Å². The summed E-state index contributed by atoms with van der Waals surface area (Å²) in [5.74, 6) is -2.98. The Bertz CT molecular complexity index is 1880. The molecular formula is C33H36F3N9O6. The number of imidazole rings is 1. The van der Waals surface area contributed by atoms with Gasteiger partial charge >= 0.3 is 12.1 Å². The first kappa shape index (κ1) is 36.8. The van der Waals surface area contributed by atoms with Crippen LogP contribution in [0.2, 0.25) is 0 Å². The van der Waals surface area contributed by atoms with E-state index in [1.54, 1.807) is 21.8 Å². The third-order valence-corrected chi connectivity index (χ3v) is 8.33. The summed E-state index contributed by atoms with van der Waals surface area (Å²) in [7, 11) is 0. The Kier molecular flexibility index (Phi) is 11.6. The molecule has 1 aliphatic carbocycles. The van der Waals surface area contributed by atoms with Crippen LogP contribution in [0, 0.1) is 0 Å². The van der Waals surface area contributed by atoms with Gasteiger partial charge in [0, 0.05) is 37.3 Å². The number of carbonyl (C=O) groups is 2. The number of rotatable bonds is 11. The maximum Gasteiger partial charge on any atom is 0.490 e. The number of benzene rings is 2. The van der Waals surface area contributed by atoms with Gasteiger partial charge in [-0.1, -0.05) is 60.7 Å². The Morgan fingerprint density at radius 2 is 1.59 bits per heavy atom. The Morgan fingerprint density at radius 3 is 2.14 bits per heavy atom. The van der Waals surface area contributed by atoms with E-state index in [4.69, 9.17) is 15.6 Å². The van der Waals surface area contributed by atoms with E-state index in [0.717, 1.165) is 11.1 Å². The van der Waals surface area contributed by atoms with Crippen LogP contribution < -0.4 is 16.4 Å². The fraction of sp³-hybridized carbons (Fsp3) is 0.333. The quantitative estimate of drug-likeness (QED) is 0.104. The SMILES string of the molecule is NCCNC(=O)c1nc(NCC(c2ccccc2)c2ccccc2)c2ncn([C@@H]3C[C@H](n4cc(CO)cn4)[C@@H](O)[C@H]3O)c2n1.O=C(O)C(F)(F)F. The number of hydrogen-bond donors (Lipinski definition) is 7. The Morgan fingerprint density at radius 1 is 0.980 bits per heavy atom. The topological polar surface area (TPSA) is 227 Å². The second-order valence-electron chi connectivity index (χ2n) is 11.7. The number of carbonyl (C=O) groups excluding carboxylic acids is 1. The van der Waals surface area contributed by atoms with Gasteiger partial charge in [-0.15, -0.1) is 0 Å². The number of carboxylic acids is 1. The van der Waals surface area contributed by atoms with Gasteiger partial charge in [-0.05, 0) is 17.5 Å². The van der Waals surface area contributed by atoms with Gasteiger partial charge in [0.25, 0.3) is 5.91 Å². The predicted octanol–water partition coefficient (Wildman–Crippen LogP) is 1.99. The van der Waals surface area contributed by atoms with Crippen LogP contribution in [0.4, 0.5) is 19.0 Å². The molecule has 1 aliphatic rings. The van der Waals surface area contributed by atoms with Crippen molar-refractivity contribution in [2.75, 3.05) is 25.0 Å². The largest absolute Gasteiger partial charge is 0.490 e. The van der Waals surface area contributed by atoms with Gasteiger partial charge < -0.3 is 41.4 Å². The van der Waals surface area contributed by atoms with Gasteiger partial charge in [0.2, 0.25) is 5.82 Å². The molecule has 3 heterocycles. The maximum absolute atomic E-state index is 13.0. The summed E-state index contributed by atoms with van der Waals surface area (Å²) in [5.41, 5.74) is 9.19. The Balaban J connectivity index is 0.000000654. The highest BCUT2D eigenvalue weighted by molar-refractivity contribution is 5.94. The molecule has 0 radical (unpaired) electrons. The number of aliphatic hydroxyl groups is 3. The number of anilines is 1. The van der Waals surface area contributed by atoms with Crippen molar-refractivity contribution >= 4 is 28.9 Å². The molecule has 0 unspecified atom stereocenters. The van der Waals surface area contributed by atoms with Crippen molar-refractivity contribution in [1.82, 2.24) is 34.6 Å². The van der Waals surface area contributed by atoms with E-state index in [1.165, 1.54) is 6.20 Å². The summed E-state index contributed by atoms with van der Waals surface area (Å²) in [6.45, 7) is 0.779. The van der Waals surface area contributed by atoms with Crippen molar-refractivity contribution in [3.8, 4) is 0 Å².